The van der Waals surface area contributed by atoms with Gasteiger partial charge in [0.25, 0.3) is 5.69 Å². The SMILES string of the molecule is CCC(C)Oc1c(/C=N/Nc2ccc([N+](=O)[O-])cc2)cccc1OC. The van der Waals surface area contributed by atoms with E-state index in [1.807, 2.05) is 32.0 Å². The second-order valence-electron chi connectivity index (χ2n) is 5.39. The highest BCUT2D eigenvalue weighted by Crippen LogP contribution is 2.31. The molecule has 25 heavy (non-hydrogen) atoms. The van der Waals surface area contributed by atoms with Crippen LogP contribution in [0.1, 0.15) is 25.8 Å². The van der Waals surface area contributed by atoms with E-state index >= 15 is 0 Å². The first-order chi connectivity index (χ1) is 12.0. The predicted octanol–water partition coefficient (Wildman–Crippen LogP) is 4.23. The Balaban J connectivity index is 2.15. The summed E-state index contributed by atoms with van der Waals surface area (Å²) in [6.45, 7) is 4.03. The van der Waals surface area contributed by atoms with E-state index in [-0.39, 0.29) is 11.8 Å². The number of nitrogens with zero attached hydrogens (tertiary/aromatic N) is 2. The van der Waals surface area contributed by atoms with Gasteiger partial charge in [-0.3, -0.25) is 15.5 Å². The molecule has 0 bridgehead atoms. The lowest BCUT2D eigenvalue weighted by molar-refractivity contribution is -0.384. The average molecular weight is 343 g/mol. The lowest BCUT2D eigenvalue weighted by atomic mass is 10.2. The zero-order valence-electron chi connectivity index (χ0n) is 14.4. The zero-order valence-corrected chi connectivity index (χ0v) is 14.4. The molecule has 2 aromatic rings. The molecule has 0 aliphatic heterocycles. The average Bonchev–Trinajstić information content (AvgIpc) is 2.63. The van der Waals surface area contributed by atoms with Crippen LogP contribution in [0, 0.1) is 10.1 Å². The second kappa shape index (κ2) is 8.68. The number of hydrogen-bond donors (Lipinski definition) is 1. The van der Waals surface area contributed by atoms with Crippen LogP contribution >= 0.6 is 0 Å². The van der Waals surface area contributed by atoms with Gasteiger partial charge >= 0.3 is 0 Å². The van der Waals surface area contributed by atoms with Gasteiger partial charge in [-0.05, 0) is 37.6 Å². The summed E-state index contributed by atoms with van der Waals surface area (Å²) in [5, 5.41) is 14.8. The van der Waals surface area contributed by atoms with Crippen LogP contribution in [-0.2, 0) is 0 Å². The lowest BCUT2D eigenvalue weighted by Gasteiger charge is -2.17. The molecule has 0 spiro atoms. The van der Waals surface area contributed by atoms with Crippen LogP contribution in [0.3, 0.4) is 0 Å². The van der Waals surface area contributed by atoms with E-state index in [2.05, 4.69) is 10.5 Å². The van der Waals surface area contributed by atoms with Crippen LogP contribution < -0.4 is 14.9 Å². The van der Waals surface area contributed by atoms with Gasteiger partial charge in [0.1, 0.15) is 0 Å². The van der Waals surface area contributed by atoms with E-state index < -0.39 is 4.92 Å². The molecular formula is C18H21N3O4. The number of benzene rings is 2. The molecule has 0 aliphatic rings. The van der Waals surface area contributed by atoms with E-state index in [9.17, 15) is 10.1 Å². The Bertz CT molecular complexity index is 744. The molecular weight excluding hydrogens is 322 g/mol. The van der Waals surface area contributed by atoms with Gasteiger partial charge in [0.15, 0.2) is 11.5 Å². The number of ether oxygens (including phenoxy) is 2. The molecule has 0 saturated heterocycles. The third-order valence-electron chi connectivity index (χ3n) is 3.60. The number of hydrogen-bond acceptors (Lipinski definition) is 6. The van der Waals surface area contributed by atoms with E-state index in [1.54, 1.807) is 25.5 Å². The third-order valence-corrected chi connectivity index (χ3v) is 3.60. The summed E-state index contributed by atoms with van der Waals surface area (Å²) >= 11 is 0. The molecule has 1 unspecified atom stereocenters. The minimum atomic E-state index is -0.443. The highest BCUT2D eigenvalue weighted by Gasteiger charge is 2.12. The van der Waals surface area contributed by atoms with Crippen molar-refractivity contribution in [2.24, 2.45) is 5.10 Å². The minimum absolute atomic E-state index is 0.0339. The highest BCUT2D eigenvalue weighted by molar-refractivity contribution is 5.85. The molecule has 7 heteroatoms. The van der Waals surface area contributed by atoms with Crippen molar-refractivity contribution in [3.8, 4) is 11.5 Å². The maximum atomic E-state index is 10.7. The number of rotatable bonds is 8. The van der Waals surface area contributed by atoms with Gasteiger partial charge in [-0.2, -0.15) is 5.10 Å². The van der Waals surface area contributed by atoms with E-state index in [4.69, 9.17) is 9.47 Å². The number of nitrogens with one attached hydrogen (secondary N) is 1. The fraction of sp³-hybridized carbons (Fsp3) is 0.278. The van der Waals surface area contributed by atoms with Gasteiger partial charge in [0.05, 0.1) is 30.0 Å². The van der Waals surface area contributed by atoms with Crippen molar-refractivity contribution in [1.29, 1.82) is 0 Å². The van der Waals surface area contributed by atoms with Crippen molar-refractivity contribution in [2.45, 2.75) is 26.4 Å². The molecule has 0 fully saturated rings. The van der Waals surface area contributed by atoms with Crippen LogP contribution in [0.5, 0.6) is 11.5 Å². The van der Waals surface area contributed by atoms with Crippen LogP contribution in [0.4, 0.5) is 11.4 Å². The number of para-hydroxylation sites is 1. The molecule has 2 rings (SSSR count). The Hall–Kier alpha value is -3.09. The zero-order chi connectivity index (χ0) is 18.2. The highest BCUT2D eigenvalue weighted by atomic mass is 16.6. The molecule has 0 radical (unpaired) electrons. The lowest BCUT2D eigenvalue weighted by Crippen LogP contribution is -2.12. The number of nitro groups is 1. The van der Waals surface area contributed by atoms with Crippen LogP contribution in [-0.4, -0.2) is 24.4 Å². The molecule has 2 aromatic carbocycles. The molecule has 0 aliphatic carbocycles. The summed E-state index contributed by atoms with van der Waals surface area (Å²) in [6.07, 6.45) is 2.54. The standard InChI is InChI=1S/C18H21N3O4/c1-4-13(2)25-18-14(6-5-7-17(18)24-3)12-19-20-15-8-10-16(11-9-15)21(22)23/h5-13,20H,4H2,1-3H3/b19-12+. The topological polar surface area (TPSA) is 86.0 Å². The van der Waals surface area contributed by atoms with Crippen molar-refractivity contribution >= 4 is 17.6 Å². The number of methoxy groups -OCH3 is 1. The summed E-state index contributed by atoms with van der Waals surface area (Å²) in [7, 11) is 1.59. The van der Waals surface area contributed by atoms with Crippen molar-refractivity contribution in [3.63, 3.8) is 0 Å². The van der Waals surface area contributed by atoms with Crippen molar-refractivity contribution in [3.05, 3.63) is 58.1 Å². The fourth-order valence-corrected chi connectivity index (χ4v) is 2.04. The summed E-state index contributed by atoms with van der Waals surface area (Å²) in [5.41, 5.74) is 4.30. The maximum Gasteiger partial charge on any atom is 0.269 e. The number of non-ortho nitro benzene ring substituents is 1. The molecule has 0 saturated carbocycles. The number of hydrazone groups is 1. The van der Waals surface area contributed by atoms with E-state index in [1.165, 1.54) is 12.1 Å². The third kappa shape index (κ3) is 4.94. The Kier molecular flexibility index (Phi) is 6.33. The molecule has 1 atom stereocenters. The molecule has 0 amide bonds. The fourth-order valence-electron chi connectivity index (χ4n) is 2.04. The van der Waals surface area contributed by atoms with Gasteiger partial charge in [0.2, 0.25) is 0 Å². The molecule has 7 nitrogen and oxygen atoms in total. The van der Waals surface area contributed by atoms with Crippen molar-refractivity contribution < 1.29 is 14.4 Å². The summed E-state index contributed by atoms with van der Waals surface area (Å²) in [4.78, 5) is 10.2. The van der Waals surface area contributed by atoms with Gasteiger partial charge in [-0.15, -0.1) is 0 Å². The molecule has 0 aromatic heterocycles. The Morgan fingerprint density at radius 3 is 2.60 bits per heavy atom. The van der Waals surface area contributed by atoms with E-state index in [0.717, 1.165) is 12.0 Å². The predicted molar refractivity (Wildman–Crippen MR) is 97.7 cm³/mol. The Morgan fingerprint density at radius 1 is 1.28 bits per heavy atom. The van der Waals surface area contributed by atoms with Gasteiger partial charge in [0, 0.05) is 17.7 Å². The number of anilines is 1. The minimum Gasteiger partial charge on any atom is -0.493 e. The van der Waals surface area contributed by atoms with Crippen molar-refractivity contribution in [2.75, 3.05) is 12.5 Å². The van der Waals surface area contributed by atoms with Crippen LogP contribution in [0.2, 0.25) is 0 Å². The second-order valence-corrected chi connectivity index (χ2v) is 5.39. The monoisotopic (exact) mass is 343 g/mol. The quantitative estimate of drug-likeness (QED) is 0.440. The van der Waals surface area contributed by atoms with Gasteiger partial charge in [-0.25, -0.2) is 0 Å². The van der Waals surface area contributed by atoms with Gasteiger partial charge in [-0.1, -0.05) is 13.0 Å². The Morgan fingerprint density at radius 2 is 2.00 bits per heavy atom. The summed E-state index contributed by atoms with van der Waals surface area (Å²) in [6, 6.07) is 11.6. The molecule has 1 N–H and O–H groups in total. The molecule has 132 valence electrons. The first-order valence-electron chi connectivity index (χ1n) is 7.92. The van der Waals surface area contributed by atoms with Crippen LogP contribution in [0.15, 0.2) is 47.6 Å². The largest absolute Gasteiger partial charge is 0.493 e. The summed E-state index contributed by atoms with van der Waals surface area (Å²) < 4.78 is 11.3. The first-order valence-corrected chi connectivity index (χ1v) is 7.92. The van der Waals surface area contributed by atoms with Gasteiger partial charge < -0.3 is 9.47 Å². The van der Waals surface area contributed by atoms with E-state index in [0.29, 0.717) is 17.2 Å². The van der Waals surface area contributed by atoms with Crippen molar-refractivity contribution in [1.82, 2.24) is 0 Å². The Labute approximate surface area is 146 Å². The first kappa shape index (κ1) is 18.3. The maximum absolute atomic E-state index is 10.7. The smallest absolute Gasteiger partial charge is 0.269 e. The number of nitro benzene ring substituents is 1. The normalized spacial score (nSPS) is 12.0. The summed E-state index contributed by atoms with van der Waals surface area (Å²) in [5.74, 6) is 1.27. The molecule has 0 heterocycles. The van der Waals surface area contributed by atoms with Crippen LogP contribution in [0.25, 0.3) is 0 Å².